The van der Waals surface area contributed by atoms with Gasteiger partial charge in [-0.2, -0.15) is 5.26 Å². The summed E-state index contributed by atoms with van der Waals surface area (Å²) in [6.45, 7) is 2.73. The van der Waals surface area contributed by atoms with Crippen LogP contribution in [0.15, 0.2) is 22.7 Å². The second kappa shape index (κ2) is 11.6. The lowest BCUT2D eigenvalue weighted by Crippen LogP contribution is -2.34. The molecule has 5 nitrogen and oxygen atoms in total. The number of nitrogens with zero attached hydrogens (tertiary/aromatic N) is 1. The van der Waals surface area contributed by atoms with Gasteiger partial charge in [0.15, 0.2) is 5.11 Å². The van der Waals surface area contributed by atoms with Crippen LogP contribution in [-0.2, 0) is 12.8 Å². The Kier molecular flexibility index (Phi) is 8.88. The summed E-state index contributed by atoms with van der Waals surface area (Å²) >= 11 is 10.3. The van der Waals surface area contributed by atoms with Gasteiger partial charge in [-0.3, -0.25) is 10.1 Å². The van der Waals surface area contributed by atoms with Gasteiger partial charge in [0.25, 0.3) is 5.91 Å². The number of ether oxygens (including phenoxy) is 1. The molecule has 0 unspecified atom stereocenters. The molecule has 2 N–H and O–H groups in total. The fourth-order valence-corrected chi connectivity index (χ4v) is 5.46. The van der Waals surface area contributed by atoms with Gasteiger partial charge in [0.2, 0.25) is 0 Å². The smallest absolute Gasteiger partial charge is 0.261 e. The second-order valence-electron chi connectivity index (χ2n) is 7.48. The number of hydrogen-bond donors (Lipinski definition) is 2. The molecular formula is C23H26BrN3O2S2. The van der Waals surface area contributed by atoms with Crippen LogP contribution >= 0.6 is 39.5 Å². The summed E-state index contributed by atoms with van der Waals surface area (Å²) in [6, 6.07) is 7.66. The van der Waals surface area contributed by atoms with Gasteiger partial charge >= 0.3 is 0 Å². The van der Waals surface area contributed by atoms with E-state index in [1.807, 2.05) is 6.07 Å². The van der Waals surface area contributed by atoms with Crippen molar-refractivity contribution in [1.29, 1.82) is 5.26 Å². The van der Waals surface area contributed by atoms with Crippen LogP contribution in [0.1, 0.15) is 71.8 Å². The molecule has 0 spiro atoms. The first-order valence-electron chi connectivity index (χ1n) is 10.6. The number of hydrogen-bond acceptors (Lipinski definition) is 5. The maximum atomic E-state index is 12.9. The Bertz CT molecular complexity index is 997. The standard InChI is InChI=1S/C23H26BrN3O2S2/c1-2-3-4-7-12-29-19-11-10-15(24)13-17(19)21(28)26-23(30)27-22-18(14-25)16-8-5-6-9-20(16)31-22/h10-11,13H,2-9,12H2,1H3,(H2,26,27,28,30). The van der Waals surface area contributed by atoms with Crippen molar-refractivity contribution in [1.82, 2.24) is 5.32 Å². The van der Waals surface area contributed by atoms with Crippen LogP contribution in [0.3, 0.4) is 0 Å². The van der Waals surface area contributed by atoms with Crippen LogP contribution in [0, 0.1) is 11.3 Å². The van der Waals surface area contributed by atoms with E-state index in [1.165, 1.54) is 11.3 Å². The molecule has 0 saturated carbocycles. The van der Waals surface area contributed by atoms with Crippen molar-refractivity contribution >= 4 is 55.5 Å². The zero-order valence-corrected chi connectivity index (χ0v) is 20.8. The van der Waals surface area contributed by atoms with Crippen LogP contribution in [0.5, 0.6) is 5.75 Å². The summed E-state index contributed by atoms with van der Waals surface area (Å²) in [4.78, 5) is 14.1. The lowest BCUT2D eigenvalue weighted by atomic mass is 9.96. The summed E-state index contributed by atoms with van der Waals surface area (Å²) in [5.41, 5.74) is 2.19. The van der Waals surface area contributed by atoms with Gasteiger partial charge in [0.1, 0.15) is 16.8 Å². The number of fused-ring (bicyclic) bond motifs is 1. The van der Waals surface area contributed by atoms with Gasteiger partial charge < -0.3 is 10.1 Å². The molecule has 1 heterocycles. The number of nitrogens with one attached hydrogen (secondary N) is 2. The Balaban J connectivity index is 1.66. The summed E-state index contributed by atoms with van der Waals surface area (Å²) in [6.07, 6.45) is 8.55. The molecule has 0 aliphatic heterocycles. The zero-order chi connectivity index (χ0) is 22.2. The third-order valence-electron chi connectivity index (χ3n) is 5.18. The number of unbranched alkanes of at least 4 members (excludes halogenated alkanes) is 3. The topological polar surface area (TPSA) is 74.2 Å². The van der Waals surface area contributed by atoms with E-state index < -0.39 is 0 Å². The quantitative estimate of drug-likeness (QED) is 0.314. The molecule has 164 valence electrons. The Labute approximate surface area is 201 Å². The number of amides is 1. The van der Waals surface area contributed by atoms with E-state index in [9.17, 15) is 10.1 Å². The minimum Gasteiger partial charge on any atom is -0.493 e. The van der Waals surface area contributed by atoms with Crippen LogP contribution in [-0.4, -0.2) is 17.6 Å². The van der Waals surface area contributed by atoms with Gasteiger partial charge in [0.05, 0.1) is 17.7 Å². The van der Waals surface area contributed by atoms with E-state index in [0.717, 1.165) is 55.0 Å². The van der Waals surface area contributed by atoms with Gasteiger partial charge in [-0.25, -0.2) is 0 Å². The molecule has 1 amide bonds. The molecular weight excluding hydrogens is 494 g/mol. The number of carbonyl (C=O) groups is 1. The number of thiocarbonyl (C=S) groups is 1. The number of benzene rings is 1. The highest BCUT2D eigenvalue weighted by atomic mass is 79.9. The first-order chi connectivity index (χ1) is 15.0. The maximum Gasteiger partial charge on any atom is 0.261 e. The molecule has 0 bridgehead atoms. The molecule has 0 atom stereocenters. The number of thiophene rings is 1. The monoisotopic (exact) mass is 519 g/mol. The van der Waals surface area contributed by atoms with E-state index in [4.69, 9.17) is 17.0 Å². The van der Waals surface area contributed by atoms with Crippen molar-refractivity contribution in [3.05, 3.63) is 44.2 Å². The van der Waals surface area contributed by atoms with Crippen LogP contribution in [0.4, 0.5) is 5.00 Å². The highest BCUT2D eigenvalue weighted by Crippen LogP contribution is 2.37. The van der Waals surface area contributed by atoms with Crippen LogP contribution in [0.2, 0.25) is 0 Å². The van der Waals surface area contributed by atoms with Gasteiger partial charge in [-0.05, 0) is 68.1 Å². The molecule has 2 aromatic rings. The first-order valence-corrected chi connectivity index (χ1v) is 12.6. The number of aryl methyl sites for hydroxylation is 1. The van der Waals surface area contributed by atoms with Crippen molar-refractivity contribution < 1.29 is 9.53 Å². The molecule has 31 heavy (non-hydrogen) atoms. The third-order valence-corrected chi connectivity index (χ3v) is 7.08. The Morgan fingerprint density at radius 1 is 1.29 bits per heavy atom. The fraction of sp³-hybridized carbons (Fsp3) is 0.435. The number of rotatable bonds is 8. The van der Waals surface area contributed by atoms with E-state index in [2.05, 4.69) is 39.6 Å². The summed E-state index contributed by atoms with van der Waals surface area (Å²) in [5, 5.41) is 16.3. The van der Waals surface area contributed by atoms with Gasteiger partial charge in [0, 0.05) is 9.35 Å². The summed E-state index contributed by atoms with van der Waals surface area (Å²) < 4.78 is 6.65. The molecule has 1 aliphatic carbocycles. The predicted molar refractivity (Wildman–Crippen MR) is 133 cm³/mol. The molecule has 3 rings (SSSR count). The molecule has 8 heteroatoms. The van der Waals surface area contributed by atoms with E-state index in [1.54, 1.807) is 23.5 Å². The number of carbonyl (C=O) groups excluding carboxylic acids is 1. The van der Waals surface area contributed by atoms with E-state index >= 15 is 0 Å². The van der Waals surface area contributed by atoms with Crippen molar-refractivity contribution in [3.63, 3.8) is 0 Å². The van der Waals surface area contributed by atoms with Crippen LogP contribution < -0.4 is 15.4 Å². The Morgan fingerprint density at radius 3 is 2.87 bits per heavy atom. The van der Waals surface area contributed by atoms with E-state index in [-0.39, 0.29) is 11.0 Å². The Hall–Kier alpha value is -1.95. The highest BCUT2D eigenvalue weighted by molar-refractivity contribution is 9.10. The molecule has 0 radical (unpaired) electrons. The molecule has 0 saturated heterocycles. The predicted octanol–water partition coefficient (Wildman–Crippen LogP) is 6.35. The number of halogens is 1. The first kappa shape index (κ1) is 23.7. The van der Waals surface area contributed by atoms with Crippen molar-refractivity contribution in [2.75, 3.05) is 11.9 Å². The van der Waals surface area contributed by atoms with Gasteiger partial charge in [-0.1, -0.05) is 42.1 Å². The fourth-order valence-electron chi connectivity index (χ4n) is 3.59. The third kappa shape index (κ3) is 6.28. The second-order valence-corrected chi connectivity index (χ2v) is 9.91. The number of anilines is 1. The lowest BCUT2D eigenvalue weighted by molar-refractivity contribution is 0.0973. The van der Waals surface area contributed by atoms with Crippen molar-refractivity contribution in [2.45, 2.75) is 58.3 Å². The summed E-state index contributed by atoms with van der Waals surface area (Å²) in [7, 11) is 0. The minimum atomic E-state index is -0.345. The normalized spacial score (nSPS) is 12.5. The lowest BCUT2D eigenvalue weighted by Gasteiger charge is -2.13. The van der Waals surface area contributed by atoms with Crippen molar-refractivity contribution in [3.8, 4) is 11.8 Å². The highest BCUT2D eigenvalue weighted by Gasteiger charge is 2.22. The Morgan fingerprint density at radius 2 is 2.10 bits per heavy atom. The van der Waals surface area contributed by atoms with Crippen LogP contribution in [0.25, 0.3) is 0 Å². The molecule has 1 aliphatic rings. The minimum absolute atomic E-state index is 0.175. The number of nitriles is 1. The average Bonchev–Trinajstić information content (AvgIpc) is 3.11. The largest absolute Gasteiger partial charge is 0.493 e. The summed E-state index contributed by atoms with van der Waals surface area (Å²) in [5.74, 6) is 0.187. The van der Waals surface area contributed by atoms with Crippen molar-refractivity contribution in [2.24, 2.45) is 0 Å². The maximum absolute atomic E-state index is 12.9. The SMILES string of the molecule is CCCCCCOc1ccc(Br)cc1C(=O)NC(=S)Nc1sc2c(c1C#N)CCCC2. The molecule has 1 aromatic heterocycles. The van der Waals surface area contributed by atoms with Gasteiger partial charge in [-0.15, -0.1) is 11.3 Å². The zero-order valence-electron chi connectivity index (χ0n) is 17.6. The van der Waals surface area contributed by atoms with E-state index in [0.29, 0.717) is 28.5 Å². The average molecular weight is 521 g/mol. The molecule has 0 fully saturated rings. The molecule has 1 aromatic carbocycles.